The molecule has 0 N–H and O–H groups in total. The third-order valence-corrected chi connectivity index (χ3v) is 19.9. The lowest BCUT2D eigenvalue weighted by molar-refractivity contribution is 0.660. The van der Waals surface area contributed by atoms with E-state index in [4.69, 9.17) is 0 Å². The van der Waals surface area contributed by atoms with Crippen LogP contribution in [0, 0.1) is 0 Å². The van der Waals surface area contributed by atoms with Gasteiger partial charge in [0.2, 0.25) is 0 Å². The highest BCUT2D eigenvalue weighted by atomic mass is 32.1. The third-order valence-electron chi connectivity index (χ3n) is 18.7. The molecule has 398 valence electrons. The molecule has 0 radical (unpaired) electrons. The summed E-state index contributed by atoms with van der Waals surface area (Å²) in [7, 11) is 0. The molecular weight excluding hydrogens is 1030 g/mol. The van der Waals surface area contributed by atoms with E-state index < -0.39 is 0 Å². The molecule has 0 bridgehead atoms. The van der Waals surface area contributed by atoms with Gasteiger partial charge >= 0.3 is 0 Å². The number of nitrogens with zero attached hydrogens (tertiary/aromatic N) is 3. The second-order valence-corrected chi connectivity index (χ2v) is 25.1. The zero-order valence-corrected chi connectivity index (χ0v) is 48.0. The molecule has 84 heavy (non-hydrogen) atoms. The zero-order chi connectivity index (χ0) is 56.0. The van der Waals surface area contributed by atoms with Gasteiger partial charge in [-0.3, -0.25) is 0 Å². The lowest BCUT2D eigenvalue weighted by Crippen LogP contribution is -2.18. The molecule has 0 amide bonds. The van der Waals surface area contributed by atoms with Gasteiger partial charge in [0, 0.05) is 81.0 Å². The fourth-order valence-electron chi connectivity index (χ4n) is 14.7. The largest absolute Gasteiger partial charge is 0.310 e. The summed E-state index contributed by atoms with van der Waals surface area (Å²) >= 11 is 1.90. The summed E-state index contributed by atoms with van der Waals surface area (Å²) in [5, 5.41) is 9.89. The molecule has 0 spiro atoms. The predicted molar refractivity (Wildman–Crippen MR) is 359 cm³/mol. The Kier molecular flexibility index (Phi) is 10.6. The Balaban J connectivity index is 0.970. The van der Waals surface area contributed by atoms with Crippen molar-refractivity contribution in [2.24, 2.45) is 0 Å². The number of rotatable bonds is 8. The molecule has 0 saturated heterocycles. The minimum atomic E-state index is -0.209. The van der Waals surface area contributed by atoms with Crippen molar-refractivity contribution in [2.75, 3.05) is 9.80 Å². The van der Waals surface area contributed by atoms with Crippen molar-refractivity contribution in [2.45, 2.75) is 38.5 Å². The van der Waals surface area contributed by atoms with E-state index in [2.05, 4.69) is 315 Å². The van der Waals surface area contributed by atoms with Crippen LogP contribution in [-0.2, 0) is 10.8 Å². The maximum atomic E-state index is 2.54. The monoisotopic (exact) mass is 1090 g/mol. The Morgan fingerprint density at radius 3 is 1.43 bits per heavy atom. The summed E-state index contributed by atoms with van der Waals surface area (Å²) in [5.74, 6) is 0. The van der Waals surface area contributed by atoms with E-state index >= 15 is 0 Å². The maximum Gasteiger partial charge on any atom is 0.0555 e. The normalized spacial score (nSPS) is 13.7. The fraction of sp³-hybridized carbons (Fsp3) is 0.0750. The average Bonchev–Trinajstić information content (AvgIpc) is 1.91. The van der Waals surface area contributed by atoms with E-state index in [9.17, 15) is 0 Å². The number of para-hydroxylation sites is 1. The molecule has 0 aliphatic heterocycles. The summed E-state index contributed by atoms with van der Waals surface area (Å²) in [6.45, 7) is 9.55. The van der Waals surface area contributed by atoms with Gasteiger partial charge in [0.1, 0.15) is 0 Å². The first kappa shape index (κ1) is 48.7. The molecule has 2 aliphatic carbocycles. The van der Waals surface area contributed by atoms with Crippen LogP contribution in [0.1, 0.15) is 49.9 Å². The molecule has 13 aromatic carbocycles. The number of aromatic nitrogens is 1. The second kappa shape index (κ2) is 18.2. The molecule has 0 fully saturated rings. The Labute approximate surface area is 493 Å². The summed E-state index contributed by atoms with van der Waals surface area (Å²) in [6, 6.07) is 103. The van der Waals surface area contributed by atoms with Crippen LogP contribution in [0.2, 0.25) is 0 Å². The van der Waals surface area contributed by atoms with Gasteiger partial charge in [-0.05, 0) is 151 Å². The molecule has 2 aliphatic rings. The molecule has 2 heterocycles. The lowest BCUT2D eigenvalue weighted by atomic mass is 9.82. The van der Waals surface area contributed by atoms with Crippen molar-refractivity contribution < 1.29 is 0 Å². The lowest BCUT2D eigenvalue weighted by Gasteiger charge is -2.32. The standard InChI is InChI=1S/C80H57N3S/c1-79(2)68-31-15-12-28-61(68)63-40-37-55(48-70(63)79)81(72-33-18-22-50-20-8-10-26-59(50)72)57-44-53(52-36-39-67-75(46-52)83(54-24-6-5-7-25-54)74-43-42-66-65-30-14-17-35-76(65)84-78(66)77(67)74)45-58(47-57)82(73-34-19-23-51-21-9-11-27-60(51)73)56-38-41-64-62-29-13-16-32-69(62)80(3,4)71(64)49-56/h5-49H,1-4H3. The fourth-order valence-corrected chi connectivity index (χ4v) is 15.9. The van der Waals surface area contributed by atoms with Gasteiger partial charge in [0.15, 0.2) is 0 Å². The van der Waals surface area contributed by atoms with Gasteiger partial charge in [-0.15, -0.1) is 11.3 Å². The first-order valence-corrected chi connectivity index (χ1v) is 30.1. The molecule has 15 aromatic rings. The van der Waals surface area contributed by atoms with Gasteiger partial charge in [0.25, 0.3) is 0 Å². The number of benzene rings is 13. The molecule has 0 saturated carbocycles. The minimum absolute atomic E-state index is 0.209. The quantitative estimate of drug-likeness (QED) is 0.150. The van der Waals surface area contributed by atoms with Crippen molar-refractivity contribution in [3.8, 4) is 39.1 Å². The third kappa shape index (κ3) is 7.17. The van der Waals surface area contributed by atoms with Gasteiger partial charge in [-0.25, -0.2) is 0 Å². The SMILES string of the molecule is CC1(C)c2ccccc2-c2ccc(N(c3cc(-c4ccc5c6c7sc8ccccc8c7ccc6n(-c6ccccc6)c5c4)cc(N(c4ccc5c(c4)C(C)(C)c4ccccc4-5)c4cccc5ccccc45)c3)c3cccc4ccccc34)cc21. The Bertz CT molecular complexity index is 5010. The highest BCUT2D eigenvalue weighted by Gasteiger charge is 2.38. The summed E-state index contributed by atoms with van der Waals surface area (Å²) in [6.07, 6.45) is 0. The molecular formula is C80H57N3S. The zero-order valence-electron chi connectivity index (χ0n) is 47.2. The maximum absolute atomic E-state index is 2.54. The van der Waals surface area contributed by atoms with E-state index in [1.54, 1.807) is 0 Å². The van der Waals surface area contributed by atoms with E-state index in [-0.39, 0.29) is 10.8 Å². The van der Waals surface area contributed by atoms with E-state index in [0.717, 1.165) is 50.9 Å². The number of thiophene rings is 1. The van der Waals surface area contributed by atoms with E-state index in [1.807, 2.05) is 11.3 Å². The van der Waals surface area contributed by atoms with Gasteiger partial charge in [0.05, 0.1) is 22.4 Å². The number of anilines is 6. The minimum Gasteiger partial charge on any atom is -0.310 e. The van der Waals surface area contributed by atoms with Crippen LogP contribution >= 0.6 is 11.3 Å². The molecule has 17 rings (SSSR count). The highest BCUT2D eigenvalue weighted by Crippen LogP contribution is 2.55. The van der Waals surface area contributed by atoms with Crippen LogP contribution in [-0.4, -0.2) is 4.57 Å². The van der Waals surface area contributed by atoms with Gasteiger partial charge < -0.3 is 14.4 Å². The Morgan fingerprint density at radius 2 is 0.821 bits per heavy atom. The Hall–Kier alpha value is -10.0. The van der Waals surface area contributed by atoms with E-state index in [0.29, 0.717) is 0 Å². The Morgan fingerprint density at radius 1 is 0.321 bits per heavy atom. The summed E-state index contributed by atoms with van der Waals surface area (Å²) in [4.78, 5) is 5.08. The van der Waals surface area contributed by atoms with Gasteiger partial charge in [-0.1, -0.05) is 216 Å². The van der Waals surface area contributed by atoms with Crippen LogP contribution in [0.25, 0.3) is 103 Å². The first-order valence-electron chi connectivity index (χ1n) is 29.3. The summed E-state index contributed by atoms with van der Waals surface area (Å²) in [5.41, 5.74) is 22.5. The molecule has 0 atom stereocenters. The van der Waals surface area contributed by atoms with Crippen molar-refractivity contribution in [3.63, 3.8) is 0 Å². The average molecular weight is 1090 g/mol. The number of fused-ring (bicyclic) bond motifs is 15. The highest BCUT2D eigenvalue weighted by molar-refractivity contribution is 7.26. The topological polar surface area (TPSA) is 11.4 Å². The van der Waals surface area contributed by atoms with Crippen LogP contribution < -0.4 is 9.80 Å². The van der Waals surface area contributed by atoms with Gasteiger partial charge in [-0.2, -0.15) is 0 Å². The smallest absolute Gasteiger partial charge is 0.0555 e. The van der Waals surface area contributed by atoms with Crippen molar-refractivity contribution in [3.05, 3.63) is 295 Å². The molecule has 2 aromatic heterocycles. The van der Waals surface area contributed by atoms with Crippen LogP contribution in [0.3, 0.4) is 0 Å². The van der Waals surface area contributed by atoms with Crippen molar-refractivity contribution in [1.29, 1.82) is 0 Å². The second-order valence-electron chi connectivity index (χ2n) is 24.0. The van der Waals surface area contributed by atoms with Crippen LogP contribution in [0.4, 0.5) is 34.1 Å². The number of hydrogen-bond acceptors (Lipinski definition) is 3. The molecule has 3 nitrogen and oxygen atoms in total. The summed E-state index contributed by atoms with van der Waals surface area (Å²) < 4.78 is 5.12. The van der Waals surface area contributed by atoms with E-state index in [1.165, 1.54) is 108 Å². The molecule has 4 heteroatoms. The van der Waals surface area contributed by atoms with Crippen LogP contribution in [0.15, 0.2) is 273 Å². The van der Waals surface area contributed by atoms with Crippen molar-refractivity contribution in [1.82, 2.24) is 4.57 Å². The first-order chi connectivity index (χ1) is 41.2. The molecule has 0 unspecified atom stereocenters. The predicted octanol–water partition coefficient (Wildman–Crippen LogP) is 22.7. The van der Waals surface area contributed by atoms with Crippen molar-refractivity contribution >= 4 is 109 Å². The van der Waals surface area contributed by atoms with Crippen LogP contribution in [0.5, 0.6) is 0 Å². The number of hydrogen-bond donors (Lipinski definition) is 0.